The zero-order valence-corrected chi connectivity index (χ0v) is 19.7. The van der Waals surface area contributed by atoms with Crippen LogP contribution in [0, 0.1) is 13.8 Å². The van der Waals surface area contributed by atoms with Crippen LogP contribution in [0.3, 0.4) is 0 Å². The fraction of sp³-hybridized carbons (Fsp3) is 0.370. The molecule has 2 aromatic carbocycles. The lowest BCUT2D eigenvalue weighted by Gasteiger charge is -2.38. The van der Waals surface area contributed by atoms with Crippen molar-refractivity contribution in [3.8, 4) is 5.75 Å². The lowest BCUT2D eigenvalue weighted by molar-refractivity contribution is -0.0395. The van der Waals surface area contributed by atoms with E-state index in [1.807, 2.05) is 79.4 Å². The number of rotatable bonds is 5. The second kappa shape index (κ2) is 9.43. The van der Waals surface area contributed by atoms with Crippen molar-refractivity contribution in [1.82, 2.24) is 14.9 Å². The van der Waals surface area contributed by atoms with Gasteiger partial charge in [0.15, 0.2) is 0 Å². The second-order valence-corrected chi connectivity index (χ2v) is 9.22. The van der Waals surface area contributed by atoms with Crippen LogP contribution in [0.5, 0.6) is 5.75 Å². The number of anilines is 2. The fourth-order valence-corrected chi connectivity index (χ4v) is 4.86. The number of likely N-dealkylation sites (tertiary alicyclic amines) is 1. The largest absolute Gasteiger partial charge is 0.488 e. The minimum Gasteiger partial charge on any atom is -0.488 e. The van der Waals surface area contributed by atoms with Crippen molar-refractivity contribution < 1.29 is 14.3 Å². The van der Waals surface area contributed by atoms with Crippen LogP contribution in [0.1, 0.15) is 41.0 Å². The molecular formula is C27H30N4O3. The van der Waals surface area contributed by atoms with E-state index in [4.69, 9.17) is 9.47 Å². The number of hydrogen-bond acceptors (Lipinski definition) is 6. The number of carbonyl (C=O) groups is 1. The van der Waals surface area contributed by atoms with Crippen LogP contribution < -0.4 is 10.1 Å². The maximum Gasteiger partial charge on any atom is 0.253 e. The van der Waals surface area contributed by atoms with Crippen molar-refractivity contribution in [2.24, 2.45) is 0 Å². The molecule has 1 aromatic heterocycles. The number of nitrogens with zero attached hydrogens (tertiary/aromatic N) is 3. The monoisotopic (exact) mass is 458 g/mol. The standard InChI is InChI=1S/C27H30N4O3/c1-19-15-20(2)29-26(28-19)30-22-8-6-7-21(16-22)25(32)31-13-11-27(12-14-31)17-24(18-33-27)34-23-9-4-3-5-10-23/h3-10,15-16,24H,11-14,17-18H2,1-2H3,(H,28,29,30)/t24-/m0/s1. The van der Waals surface area contributed by atoms with E-state index in [0.717, 1.165) is 42.1 Å². The minimum atomic E-state index is -0.194. The number of carbonyl (C=O) groups excluding carboxylic acids is 1. The third-order valence-corrected chi connectivity index (χ3v) is 6.53. The number of hydrogen-bond donors (Lipinski definition) is 1. The van der Waals surface area contributed by atoms with Crippen LogP contribution in [-0.2, 0) is 4.74 Å². The minimum absolute atomic E-state index is 0.0370. The molecule has 176 valence electrons. The third kappa shape index (κ3) is 5.04. The first-order valence-electron chi connectivity index (χ1n) is 11.8. The molecule has 1 atom stereocenters. The summed E-state index contributed by atoms with van der Waals surface area (Å²) in [5.74, 6) is 1.45. The van der Waals surface area contributed by atoms with Gasteiger partial charge in [0, 0.05) is 42.1 Å². The molecule has 7 heteroatoms. The smallest absolute Gasteiger partial charge is 0.253 e. The number of aryl methyl sites for hydroxylation is 2. The number of benzene rings is 2. The van der Waals surface area contributed by atoms with Crippen LogP contribution in [0.2, 0.25) is 0 Å². The van der Waals surface area contributed by atoms with E-state index in [1.165, 1.54) is 0 Å². The first-order valence-corrected chi connectivity index (χ1v) is 11.8. The highest BCUT2D eigenvalue weighted by atomic mass is 16.6. The molecule has 0 saturated carbocycles. The predicted molar refractivity (Wildman–Crippen MR) is 131 cm³/mol. The first kappa shape index (κ1) is 22.3. The Hall–Kier alpha value is -3.45. The average Bonchev–Trinajstić information content (AvgIpc) is 3.21. The molecule has 7 nitrogen and oxygen atoms in total. The van der Waals surface area contributed by atoms with E-state index in [2.05, 4.69) is 15.3 Å². The number of aromatic nitrogens is 2. The number of para-hydroxylation sites is 1. The highest BCUT2D eigenvalue weighted by molar-refractivity contribution is 5.95. The highest BCUT2D eigenvalue weighted by Crippen LogP contribution is 2.37. The summed E-state index contributed by atoms with van der Waals surface area (Å²) >= 11 is 0. The third-order valence-electron chi connectivity index (χ3n) is 6.53. The van der Waals surface area contributed by atoms with Crippen LogP contribution in [0.25, 0.3) is 0 Å². The second-order valence-electron chi connectivity index (χ2n) is 9.22. The maximum absolute atomic E-state index is 13.2. The Balaban J connectivity index is 1.19. The SMILES string of the molecule is Cc1cc(C)nc(Nc2cccc(C(=O)N3CCC4(CC3)C[C@H](Oc3ccccc3)CO4)c2)n1. The molecule has 1 spiro atoms. The molecule has 1 amide bonds. The van der Waals surface area contributed by atoms with Gasteiger partial charge in [-0.2, -0.15) is 0 Å². The first-order chi connectivity index (χ1) is 16.5. The van der Waals surface area contributed by atoms with Gasteiger partial charge >= 0.3 is 0 Å². The molecule has 0 bridgehead atoms. The zero-order valence-electron chi connectivity index (χ0n) is 19.7. The summed E-state index contributed by atoms with van der Waals surface area (Å²) in [5.41, 5.74) is 3.05. The Labute approximate surface area is 200 Å². The summed E-state index contributed by atoms with van der Waals surface area (Å²) in [6.07, 6.45) is 2.56. The Morgan fingerprint density at radius 3 is 2.50 bits per heavy atom. The summed E-state index contributed by atoms with van der Waals surface area (Å²) in [6.45, 7) is 5.82. The molecule has 2 saturated heterocycles. The van der Waals surface area contributed by atoms with Crippen LogP contribution in [0.4, 0.5) is 11.6 Å². The van der Waals surface area contributed by atoms with Gasteiger partial charge in [0.25, 0.3) is 5.91 Å². The quantitative estimate of drug-likeness (QED) is 0.598. The van der Waals surface area contributed by atoms with E-state index in [9.17, 15) is 4.79 Å². The summed E-state index contributed by atoms with van der Waals surface area (Å²) in [5, 5.41) is 3.22. The maximum atomic E-state index is 13.2. The van der Waals surface area contributed by atoms with Crippen molar-refractivity contribution in [3.63, 3.8) is 0 Å². The molecule has 2 fully saturated rings. The fourth-order valence-electron chi connectivity index (χ4n) is 4.86. The van der Waals surface area contributed by atoms with Gasteiger partial charge in [-0.1, -0.05) is 24.3 Å². The van der Waals surface area contributed by atoms with E-state index in [1.54, 1.807) is 0 Å². The summed E-state index contributed by atoms with van der Waals surface area (Å²) in [6, 6.07) is 19.3. The molecule has 1 N–H and O–H groups in total. The van der Waals surface area contributed by atoms with E-state index in [-0.39, 0.29) is 17.6 Å². The van der Waals surface area contributed by atoms with E-state index >= 15 is 0 Å². The van der Waals surface area contributed by atoms with Gasteiger partial charge in [0.1, 0.15) is 11.9 Å². The number of amides is 1. The summed E-state index contributed by atoms with van der Waals surface area (Å²) in [7, 11) is 0. The zero-order chi connectivity index (χ0) is 23.5. The molecular weight excluding hydrogens is 428 g/mol. The molecule has 34 heavy (non-hydrogen) atoms. The van der Waals surface area contributed by atoms with Crippen LogP contribution >= 0.6 is 0 Å². The van der Waals surface area contributed by atoms with Gasteiger partial charge in [0.05, 0.1) is 12.2 Å². The van der Waals surface area contributed by atoms with Gasteiger partial charge in [-0.25, -0.2) is 9.97 Å². The number of ether oxygens (including phenoxy) is 2. The molecule has 0 radical (unpaired) electrons. The predicted octanol–water partition coefficient (Wildman–Crippen LogP) is 4.68. The normalized spacial score (nSPS) is 19.2. The van der Waals surface area contributed by atoms with Gasteiger partial charge in [-0.3, -0.25) is 4.79 Å². The van der Waals surface area contributed by atoms with E-state index in [0.29, 0.717) is 31.2 Å². The number of piperidine rings is 1. The van der Waals surface area contributed by atoms with Crippen molar-refractivity contribution in [2.45, 2.75) is 44.8 Å². The molecule has 3 heterocycles. The Morgan fingerprint density at radius 1 is 1.03 bits per heavy atom. The lowest BCUT2D eigenvalue weighted by atomic mass is 9.87. The molecule has 5 rings (SSSR count). The Bertz CT molecular complexity index is 1140. The van der Waals surface area contributed by atoms with Crippen molar-refractivity contribution >= 4 is 17.5 Å². The van der Waals surface area contributed by atoms with Crippen LogP contribution in [0.15, 0.2) is 60.7 Å². The van der Waals surface area contributed by atoms with Gasteiger partial charge < -0.3 is 19.7 Å². The summed E-state index contributed by atoms with van der Waals surface area (Å²) < 4.78 is 12.3. The molecule has 2 aliphatic rings. The molecule has 0 unspecified atom stereocenters. The lowest BCUT2D eigenvalue weighted by Crippen LogP contribution is -2.46. The molecule has 2 aliphatic heterocycles. The van der Waals surface area contributed by atoms with Crippen molar-refractivity contribution in [3.05, 3.63) is 77.6 Å². The van der Waals surface area contributed by atoms with Crippen LogP contribution in [-0.4, -0.2) is 52.2 Å². The topological polar surface area (TPSA) is 76.6 Å². The average molecular weight is 459 g/mol. The Kier molecular flexibility index (Phi) is 6.20. The van der Waals surface area contributed by atoms with Gasteiger partial charge in [-0.15, -0.1) is 0 Å². The van der Waals surface area contributed by atoms with E-state index < -0.39 is 0 Å². The van der Waals surface area contributed by atoms with Crippen molar-refractivity contribution in [2.75, 3.05) is 25.0 Å². The number of nitrogens with one attached hydrogen (secondary N) is 1. The highest BCUT2D eigenvalue weighted by Gasteiger charge is 2.44. The molecule has 3 aromatic rings. The van der Waals surface area contributed by atoms with Gasteiger partial charge in [-0.05, 0) is 63.1 Å². The summed E-state index contributed by atoms with van der Waals surface area (Å²) in [4.78, 5) is 24.0. The van der Waals surface area contributed by atoms with Crippen molar-refractivity contribution in [1.29, 1.82) is 0 Å². The molecule has 0 aliphatic carbocycles. The van der Waals surface area contributed by atoms with Gasteiger partial charge in [0.2, 0.25) is 5.95 Å². The Morgan fingerprint density at radius 2 is 1.76 bits per heavy atom.